The first-order chi connectivity index (χ1) is 19.9. The van der Waals surface area contributed by atoms with Crippen LogP contribution in [0.25, 0.3) is 33.0 Å². The Hall–Kier alpha value is -4.62. The Kier molecular flexibility index (Phi) is 4.98. The molecule has 8 rings (SSSR count). The van der Waals surface area contributed by atoms with Crippen molar-refractivity contribution in [1.82, 2.24) is 0 Å². The second-order valence-corrected chi connectivity index (χ2v) is 12.6. The van der Waals surface area contributed by atoms with E-state index >= 15 is 0 Å². The molecule has 6 aromatic carbocycles. The number of fused-ring (bicyclic) bond motifs is 8. The van der Waals surface area contributed by atoms with Gasteiger partial charge in [-0.2, -0.15) is 0 Å². The molecule has 198 valence electrons. The maximum absolute atomic E-state index is 2.49. The predicted octanol–water partition coefficient (Wildman–Crippen LogP) is 10.9. The highest BCUT2D eigenvalue weighted by Crippen LogP contribution is 2.57. The van der Waals surface area contributed by atoms with Gasteiger partial charge in [-0.3, -0.25) is 0 Å². The van der Waals surface area contributed by atoms with Crippen LogP contribution in [0.3, 0.4) is 0 Å². The van der Waals surface area contributed by atoms with Gasteiger partial charge in [0.05, 0.1) is 5.69 Å². The highest BCUT2D eigenvalue weighted by atomic mass is 15.1. The van der Waals surface area contributed by atoms with Crippen molar-refractivity contribution in [2.24, 2.45) is 0 Å². The molecule has 0 fully saturated rings. The van der Waals surface area contributed by atoms with Gasteiger partial charge in [0.2, 0.25) is 0 Å². The average molecular weight is 528 g/mol. The Morgan fingerprint density at radius 2 is 1.07 bits per heavy atom. The molecule has 0 spiro atoms. The predicted molar refractivity (Wildman–Crippen MR) is 174 cm³/mol. The lowest BCUT2D eigenvalue weighted by atomic mass is 9.80. The Balaban J connectivity index is 1.45. The van der Waals surface area contributed by atoms with Gasteiger partial charge >= 0.3 is 0 Å². The summed E-state index contributed by atoms with van der Waals surface area (Å²) in [6.45, 7) is 9.49. The zero-order chi connectivity index (χ0) is 27.9. The zero-order valence-corrected chi connectivity index (χ0v) is 24.1. The molecule has 0 aromatic heterocycles. The van der Waals surface area contributed by atoms with Crippen LogP contribution in [-0.2, 0) is 10.8 Å². The van der Waals surface area contributed by atoms with Crippen molar-refractivity contribution in [3.05, 3.63) is 150 Å². The van der Waals surface area contributed by atoms with Gasteiger partial charge in [-0.25, -0.2) is 0 Å². The first-order valence-corrected chi connectivity index (χ1v) is 14.6. The Morgan fingerprint density at radius 3 is 1.85 bits per heavy atom. The van der Waals surface area contributed by atoms with Gasteiger partial charge in [-0.15, -0.1) is 0 Å². The minimum absolute atomic E-state index is 0.0653. The maximum Gasteiger partial charge on any atom is 0.0549 e. The molecule has 0 bridgehead atoms. The number of anilines is 3. The molecule has 0 unspecified atom stereocenters. The minimum Gasteiger partial charge on any atom is -0.310 e. The molecule has 0 amide bonds. The summed E-state index contributed by atoms with van der Waals surface area (Å²) in [4.78, 5) is 2.49. The van der Waals surface area contributed by atoms with Gasteiger partial charge in [-0.1, -0.05) is 125 Å². The van der Waals surface area contributed by atoms with Crippen LogP contribution in [0.15, 0.2) is 127 Å². The molecule has 0 radical (unpaired) electrons. The number of para-hydroxylation sites is 1. The molecule has 0 atom stereocenters. The standard InChI is InChI=1S/C40H33N/c1-39(2)33-20-12-10-18-30(33)31-23-22-28(25-35(31)39)41(27-15-6-5-7-16-27)36-24-26-14-8-9-17-29(26)38-37(36)32-19-11-13-21-34(32)40(38,3)4/h5-25H,1-4H3. The second kappa shape index (κ2) is 8.44. The average Bonchev–Trinajstić information content (AvgIpc) is 3.38. The van der Waals surface area contributed by atoms with E-state index in [1.54, 1.807) is 0 Å². The van der Waals surface area contributed by atoms with E-state index in [2.05, 4.69) is 160 Å². The molecule has 0 aliphatic heterocycles. The third-order valence-electron chi connectivity index (χ3n) is 9.60. The maximum atomic E-state index is 2.49. The monoisotopic (exact) mass is 527 g/mol. The summed E-state index contributed by atoms with van der Waals surface area (Å²) in [6.07, 6.45) is 0. The van der Waals surface area contributed by atoms with Crippen molar-refractivity contribution in [2.75, 3.05) is 4.90 Å². The van der Waals surface area contributed by atoms with Crippen LogP contribution in [0.5, 0.6) is 0 Å². The quantitative estimate of drug-likeness (QED) is 0.221. The summed E-state index contributed by atoms with van der Waals surface area (Å²) in [6, 6.07) is 47.2. The van der Waals surface area contributed by atoms with Crippen LogP contribution in [0.4, 0.5) is 17.1 Å². The lowest BCUT2D eigenvalue weighted by Gasteiger charge is -2.31. The summed E-state index contributed by atoms with van der Waals surface area (Å²) in [7, 11) is 0. The molecule has 0 saturated carbocycles. The highest BCUT2D eigenvalue weighted by Gasteiger charge is 2.40. The summed E-state index contributed by atoms with van der Waals surface area (Å²) >= 11 is 0. The van der Waals surface area contributed by atoms with E-state index in [0.717, 1.165) is 0 Å². The van der Waals surface area contributed by atoms with Crippen LogP contribution in [0.2, 0.25) is 0 Å². The van der Waals surface area contributed by atoms with Gasteiger partial charge in [0.15, 0.2) is 0 Å². The van der Waals surface area contributed by atoms with E-state index < -0.39 is 0 Å². The van der Waals surface area contributed by atoms with E-state index in [0.29, 0.717) is 0 Å². The lowest BCUT2D eigenvalue weighted by molar-refractivity contribution is 0.660. The van der Waals surface area contributed by atoms with E-state index in [-0.39, 0.29) is 10.8 Å². The molecule has 2 aliphatic carbocycles. The van der Waals surface area contributed by atoms with E-state index in [1.807, 2.05) is 0 Å². The van der Waals surface area contributed by atoms with E-state index in [1.165, 1.54) is 72.3 Å². The number of nitrogens with zero attached hydrogens (tertiary/aromatic N) is 1. The molecular weight excluding hydrogens is 494 g/mol. The molecule has 1 nitrogen and oxygen atoms in total. The summed E-state index contributed by atoms with van der Waals surface area (Å²) < 4.78 is 0. The third kappa shape index (κ3) is 3.29. The second-order valence-electron chi connectivity index (χ2n) is 12.6. The fourth-order valence-corrected chi connectivity index (χ4v) is 7.65. The Bertz CT molecular complexity index is 1990. The number of hydrogen-bond donors (Lipinski definition) is 0. The molecular formula is C40H33N. The number of hydrogen-bond acceptors (Lipinski definition) is 1. The van der Waals surface area contributed by atoms with Crippen molar-refractivity contribution in [3.63, 3.8) is 0 Å². The Labute approximate surface area is 242 Å². The van der Waals surface area contributed by atoms with E-state index in [9.17, 15) is 0 Å². The topological polar surface area (TPSA) is 3.24 Å². The molecule has 0 heterocycles. The molecule has 0 N–H and O–H groups in total. The fraction of sp³-hybridized carbons (Fsp3) is 0.150. The van der Waals surface area contributed by atoms with Crippen LogP contribution in [-0.4, -0.2) is 0 Å². The van der Waals surface area contributed by atoms with Crippen molar-refractivity contribution in [3.8, 4) is 22.3 Å². The highest BCUT2D eigenvalue weighted by molar-refractivity contribution is 6.06. The van der Waals surface area contributed by atoms with Crippen molar-refractivity contribution < 1.29 is 0 Å². The van der Waals surface area contributed by atoms with Crippen molar-refractivity contribution in [1.29, 1.82) is 0 Å². The molecule has 0 saturated heterocycles. The summed E-state index contributed by atoms with van der Waals surface area (Å²) in [5.74, 6) is 0. The smallest absolute Gasteiger partial charge is 0.0549 e. The summed E-state index contributed by atoms with van der Waals surface area (Å²) in [5, 5.41) is 2.61. The van der Waals surface area contributed by atoms with Crippen LogP contribution in [0.1, 0.15) is 49.9 Å². The molecule has 6 aromatic rings. The van der Waals surface area contributed by atoms with Crippen molar-refractivity contribution >= 4 is 27.8 Å². The largest absolute Gasteiger partial charge is 0.310 e. The van der Waals surface area contributed by atoms with Gasteiger partial charge < -0.3 is 4.90 Å². The first-order valence-electron chi connectivity index (χ1n) is 14.6. The fourth-order valence-electron chi connectivity index (χ4n) is 7.65. The molecule has 1 heteroatoms. The zero-order valence-electron chi connectivity index (χ0n) is 24.1. The minimum atomic E-state index is -0.106. The van der Waals surface area contributed by atoms with Gasteiger partial charge in [0.1, 0.15) is 0 Å². The SMILES string of the molecule is CC1(C)c2ccccc2-c2ccc(N(c3ccccc3)c3cc4ccccc4c4c3-c3ccccc3C4(C)C)cc21. The molecule has 41 heavy (non-hydrogen) atoms. The number of rotatable bonds is 3. The van der Waals surface area contributed by atoms with Crippen molar-refractivity contribution in [2.45, 2.75) is 38.5 Å². The normalized spacial score (nSPS) is 15.2. The van der Waals surface area contributed by atoms with Crippen LogP contribution < -0.4 is 4.90 Å². The Morgan fingerprint density at radius 1 is 0.463 bits per heavy atom. The summed E-state index contributed by atoms with van der Waals surface area (Å²) in [5.41, 5.74) is 14.4. The van der Waals surface area contributed by atoms with Gasteiger partial charge in [-0.05, 0) is 80.0 Å². The van der Waals surface area contributed by atoms with Crippen LogP contribution >= 0.6 is 0 Å². The first kappa shape index (κ1) is 24.2. The van der Waals surface area contributed by atoms with E-state index in [4.69, 9.17) is 0 Å². The lowest BCUT2D eigenvalue weighted by Crippen LogP contribution is -2.18. The molecule has 2 aliphatic rings. The van der Waals surface area contributed by atoms with Gasteiger partial charge in [0.25, 0.3) is 0 Å². The van der Waals surface area contributed by atoms with Crippen LogP contribution in [0, 0.1) is 0 Å². The van der Waals surface area contributed by atoms with Gasteiger partial charge in [0, 0.05) is 27.8 Å². The number of benzene rings is 6. The third-order valence-corrected chi connectivity index (χ3v) is 9.60.